The second kappa shape index (κ2) is 7.27. The molecular formula is C16H26. The topological polar surface area (TPSA) is 0 Å². The van der Waals surface area contributed by atoms with Crippen molar-refractivity contribution < 1.29 is 0 Å². The lowest BCUT2D eigenvalue weighted by molar-refractivity contribution is 0.521. The molecule has 0 aliphatic rings. The normalized spacial score (nSPS) is 15.4. The minimum Gasteiger partial charge on any atom is -0.0877 e. The van der Waals surface area contributed by atoms with Crippen molar-refractivity contribution in [1.82, 2.24) is 0 Å². The van der Waals surface area contributed by atoms with Crippen LogP contribution in [0, 0.1) is 5.41 Å². The fourth-order valence-electron chi connectivity index (χ4n) is 1.68. The molecule has 0 radical (unpaired) electrons. The van der Waals surface area contributed by atoms with Crippen LogP contribution in [-0.2, 0) is 0 Å². The van der Waals surface area contributed by atoms with Gasteiger partial charge in [-0.2, -0.15) is 0 Å². The summed E-state index contributed by atoms with van der Waals surface area (Å²) < 4.78 is 0. The van der Waals surface area contributed by atoms with Crippen molar-refractivity contribution in [3.63, 3.8) is 0 Å². The highest BCUT2D eigenvalue weighted by Gasteiger charge is 2.22. The van der Waals surface area contributed by atoms with E-state index >= 15 is 0 Å². The van der Waals surface area contributed by atoms with Gasteiger partial charge in [0.25, 0.3) is 0 Å². The van der Waals surface area contributed by atoms with E-state index in [0.29, 0.717) is 0 Å². The number of rotatable bonds is 5. The van der Waals surface area contributed by atoms with E-state index in [9.17, 15) is 0 Å². The van der Waals surface area contributed by atoms with E-state index in [1.807, 2.05) is 6.92 Å². The maximum Gasteiger partial charge on any atom is 0.00673 e. The Morgan fingerprint density at radius 3 is 1.94 bits per heavy atom. The summed E-state index contributed by atoms with van der Waals surface area (Å²) in [7, 11) is 0. The monoisotopic (exact) mass is 218 g/mol. The van der Waals surface area contributed by atoms with Crippen LogP contribution in [0.25, 0.3) is 0 Å². The van der Waals surface area contributed by atoms with Gasteiger partial charge in [-0.25, -0.2) is 0 Å². The van der Waals surface area contributed by atoms with Gasteiger partial charge in [-0.15, -0.1) is 0 Å². The summed E-state index contributed by atoms with van der Waals surface area (Å²) in [5.41, 5.74) is 3.03. The van der Waals surface area contributed by atoms with Gasteiger partial charge in [0.2, 0.25) is 0 Å². The summed E-state index contributed by atoms with van der Waals surface area (Å²) in [5, 5.41) is 0. The Morgan fingerprint density at radius 1 is 1.00 bits per heavy atom. The predicted octanol–water partition coefficient (Wildman–Crippen LogP) is 5.45. The lowest BCUT2D eigenvalue weighted by atomic mass is 9.76. The van der Waals surface area contributed by atoms with E-state index in [0.717, 1.165) is 6.42 Å². The smallest absolute Gasteiger partial charge is 0.00673 e. The van der Waals surface area contributed by atoms with Crippen molar-refractivity contribution in [2.75, 3.05) is 0 Å². The zero-order valence-corrected chi connectivity index (χ0v) is 11.7. The third-order valence-corrected chi connectivity index (χ3v) is 3.20. The molecule has 0 aromatic rings. The molecule has 0 nitrogen and oxygen atoms in total. The van der Waals surface area contributed by atoms with Crippen LogP contribution in [0.1, 0.15) is 48.0 Å². The van der Waals surface area contributed by atoms with E-state index in [2.05, 4.69) is 71.1 Å². The molecule has 0 bridgehead atoms. The van der Waals surface area contributed by atoms with E-state index < -0.39 is 0 Å². The average Bonchev–Trinajstić information content (AvgIpc) is 2.26. The van der Waals surface area contributed by atoms with Crippen molar-refractivity contribution in [2.45, 2.75) is 48.0 Å². The van der Waals surface area contributed by atoms with Crippen LogP contribution in [0.15, 0.2) is 47.6 Å². The molecule has 0 fully saturated rings. The summed E-state index contributed by atoms with van der Waals surface area (Å²) in [5.74, 6) is 0. The van der Waals surface area contributed by atoms with Gasteiger partial charge < -0.3 is 0 Å². The van der Waals surface area contributed by atoms with Gasteiger partial charge in [0.1, 0.15) is 0 Å². The second-order valence-corrected chi connectivity index (χ2v) is 4.57. The minimum atomic E-state index is 0.147. The minimum absolute atomic E-state index is 0.147. The van der Waals surface area contributed by atoms with Gasteiger partial charge in [-0.05, 0) is 27.2 Å². The first-order valence-corrected chi connectivity index (χ1v) is 6.13. The lowest BCUT2D eigenvalue weighted by Gasteiger charge is -2.29. The van der Waals surface area contributed by atoms with E-state index in [1.54, 1.807) is 0 Å². The van der Waals surface area contributed by atoms with Gasteiger partial charge in [0.15, 0.2) is 0 Å². The Kier molecular flexibility index (Phi) is 6.80. The average molecular weight is 218 g/mol. The summed E-state index contributed by atoms with van der Waals surface area (Å²) in [6, 6.07) is 0. The van der Waals surface area contributed by atoms with Gasteiger partial charge in [0, 0.05) is 5.41 Å². The zero-order chi connectivity index (χ0) is 12.6. The van der Waals surface area contributed by atoms with Gasteiger partial charge >= 0.3 is 0 Å². The molecule has 0 aromatic carbocycles. The van der Waals surface area contributed by atoms with Crippen molar-refractivity contribution in [3.8, 4) is 0 Å². The highest BCUT2D eigenvalue weighted by atomic mass is 14.3. The molecule has 0 rings (SSSR count). The first-order chi connectivity index (χ1) is 7.50. The summed E-state index contributed by atoms with van der Waals surface area (Å²) in [6.45, 7) is 13.1. The Morgan fingerprint density at radius 2 is 1.50 bits per heavy atom. The fraction of sp³-hybridized carbons (Fsp3) is 0.500. The Hall–Kier alpha value is -1.04. The van der Waals surface area contributed by atoms with Crippen LogP contribution in [0.4, 0.5) is 0 Å². The fourth-order valence-corrected chi connectivity index (χ4v) is 1.68. The predicted molar refractivity (Wildman–Crippen MR) is 75.5 cm³/mol. The number of hydrogen-bond donors (Lipinski definition) is 0. The van der Waals surface area contributed by atoms with Crippen LogP contribution in [0.2, 0.25) is 0 Å². The summed E-state index contributed by atoms with van der Waals surface area (Å²) in [4.78, 5) is 0. The molecule has 0 unspecified atom stereocenters. The first kappa shape index (κ1) is 15.0. The quantitative estimate of drug-likeness (QED) is 0.538. The molecule has 0 saturated heterocycles. The molecule has 0 heterocycles. The van der Waals surface area contributed by atoms with Crippen LogP contribution < -0.4 is 0 Å². The van der Waals surface area contributed by atoms with E-state index in [1.165, 1.54) is 11.1 Å². The molecule has 90 valence electrons. The Labute approximate surface area is 101 Å². The van der Waals surface area contributed by atoms with Gasteiger partial charge in [0.05, 0.1) is 0 Å². The van der Waals surface area contributed by atoms with Gasteiger partial charge in [-0.3, -0.25) is 0 Å². The molecule has 0 heteroatoms. The first-order valence-electron chi connectivity index (χ1n) is 6.13. The number of allylic oxidation sites excluding steroid dienone is 8. The van der Waals surface area contributed by atoms with E-state index in [-0.39, 0.29) is 5.41 Å². The second-order valence-electron chi connectivity index (χ2n) is 4.57. The van der Waals surface area contributed by atoms with Gasteiger partial charge in [-0.1, -0.05) is 68.4 Å². The molecule has 16 heavy (non-hydrogen) atoms. The number of hydrogen-bond acceptors (Lipinski definition) is 0. The molecule has 0 saturated carbocycles. The maximum absolute atomic E-state index is 2.29. The highest BCUT2D eigenvalue weighted by molar-refractivity contribution is 5.30. The SMILES string of the molecule is CC=CC=C(C)C(C)(C)C(=CC=CC)CC. The van der Waals surface area contributed by atoms with Crippen LogP contribution in [0.3, 0.4) is 0 Å². The zero-order valence-electron chi connectivity index (χ0n) is 11.7. The van der Waals surface area contributed by atoms with Crippen LogP contribution in [0.5, 0.6) is 0 Å². The molecule has 0 aliphatic heterocycles. The summed E-state index contributed by atoms with van der Waals surface area (Å²) in [6.07, 6.45) is 13.9. The third kappa shape index (κ3) is 4.22. The maximum atomic E-state index is 2.29. The van der Waals surface area contributed by atoms with Crippen molar-refractivity contribution in [1.29, 1.82) is 0 Å². The third-order valence-electron chi connectivity index (χ3n) is 3.20. The molecule has 0 aliphatic carbocycles. The van der Waals surface area contributed by atoms with E-state index in [4.69, 9.17) is 0 Å². The molecule has 0 atom stereocenters. The molecule has 0 N–H and O–H groups in total. The van der Waals surface area contributed by atoms with Crippen molar-refractivity contribution >= 4 is 0 Å². The molecular weight excluding hydrogens is 192 g/mol. The Balaban J connectivity index is 5.14. The molecule has 0 aromatic heterocycles. The highest BCUT2D eigenvalue weighted by Crippen LogP contribution is 2.36. The lowest BCUT2D eigenvalue weighted by Crippen LogP contribution is -2.16. The summed E-state index contributed by atoms with van der Waals surface area (Å²) >= 11 is 0. The largest absolute Gasteiger partial charge is 0.0877 e. The molecule has 0 spiro atoms. The molecule has 0 amide bonds. The van der Waals surface area contributed by atoms with Crippen LogP contribution in [-0.4, -0.2) is 0 Å². The standard InChI is InChI=1S/C16H26/c1-7-10-12-14(4)16(5,6)15(9-3)13-11-8-2/h7-8,10-13H,9H2,1-6H3. The van der Waals surface area contributed by atoms with Crippen molar-refractivity contribution in [3.05, 3.63) is 47.6 Å². The van der Waals surface area contributed by atoms with Crippen molar-refractivity contribution in [2.24, 2.45) is 5.41 Å². The Bertz CT molecular complexity index is 309. The van der Waals surface area contributed by atoms with Crippen LogP contribution >= 0.6 is 0 Å².